The minimum atomic E-state index is -0.780. The molecule has 2 aliphatic rings. The van der Waals surface area contributed by atoms with E-state index in [1.807, 2.05) is 12.1 Å². The Kier molecular flexibility index (Phi) is 8.13. The van der Waals surface area contributed by atoms with Crippen LogP contribution in [-0.2, 0) is 16.1 Å². The van der Waals surface area contributed by atoms with Gasteiger partial charge >= 0.3 is 0 Å². The van der Waals surface area contributed by atoms with Gasteiger partial charge < -0.3 is 25.6 Å². The normalized spacial score (nSPS) is 16.8. The van der Waals surface area contributed by atoms with Gasteiger partial charge in [-0.3, -0.25) is 9.59 Å². The van der Waals surface area contributed by atoms with Crippen LogP contribution in [0.2, 0.25) is 5.02 Å². The van der Waals surface area contributed by atoms with Crippen LogP contribution in [0.4, 0.5) is 16.2 Å². The second-order valence-electron chi connectivity index (χ2n) is 9.97. The third-order valence-corrected chi connectivity index (χ3v) is 7.60. The van der Waals surface area contributed by atoms with Crippen LogP contribution in [-0.4, -0.2) is 64.0 Å². The summed E-state index contributed by atoms with van der Waals surface area (Å²) in [4.78, 5) is 40.9. The molecule has 2 amide bonds. The minimum Gasteiger partial charge on any atom is -0.381 e. The van der Waals surface area contributed by atoms with Crippen molar-refractivity contribution in [2.75, 3.05) is 30.9 Å². The first-order valence-corrected chi connectivity index (χ1v) is 13.6. The first-order valence-electron chi connectivity index (χ1n) is 13.2. The molecule has 0 saturated carbocycles. The van der Waals surface area contributed by atoms with Gasteiger partial charge in [-0.05, 0) is 44.4 Å². The second-order valence-corrected chi connectivity index (χ2v) is 10.4. The van der Waals surface area contributed by atoms with Crippen molar-refractivity contribution < 1.29 is 18.7 Å². The van der Waals surface area contributed by atoms with Crippen molar-refractivity contribution in [1.29, 1.82) is 0 Å². The highest BCUT2D eigenvalue weighted by atomic mass is 35.5. The number of halogens is 2. The fourth-order valence-corrected chi connectivity index (χ4v) is 5.12. The molecule has 1 aromatic carbocycles. The van der Waals surface area contributed by atoms with Gasteiger partial charge in [0.1, 0.15) is 17.7 Å². The number of carbonyl (C=O) groups is 2. The molecule has 3 aromatic rings. The lowest BCUT2D eigenvalue weighted by molar-refractivity contribution is -0.125. The molecule has 2 atom stereocenters. The average Bonchev–Trinajstić information content (AvgIpc) is 3.29. The first-order chi connectivity index (χ1) is 19.2. The molecule has 1 fully saturated rings. The zero-order valence-electron chi connectivity index (χ0n) is 22.5. The lowest BCUT2D eigenvalue weighted by atomic mass is 10.0. The minimum absolute atomic E-state index is 0.216. The number of ether oxygens (including phenoxy) is 1. The van der Waals surface area contributed by atoms with E-state index in [1.54, 1.807) is 39.2 Å². The van der Waals surface area contributed by atoms with E-state index in [0.29, 0.717) is 52.4 Å². The monoisotopic (exact) mass is 567 g/mol. The molecule has 0 unspecified atom stereocenters. The third-order valence-electron chi connectivity index (χ3n) is 7.33. The highest BCUT2D eigenvalue weighted by Gasteiger charge is 2.35. The number of rotatable bonds is 8. The molecule has 4 heterocycles. The molecule has 10 nitrogen and oxygen atoms in total. The van der Waals surface area contributed by atoms with Gasteiger partial charge in [0.2, 0.25) is 11.9 Å². The maximum absolute atomic E-state index is 14.4. The Morgan fingerprint density at radius 1 is 1.18 bits per heavy atom. The molecule has 0 bridgehead atoms. The SMILES string of the molecule is CNc1cc([C@@H](C)NC(=O)[C@@H](C)N2Cc3ccc(-c4nc(NC5CCOCC5)ncc4Cl)cc3C2=O)c(F)cn1. The molecule has 12 heteroatoms. The van der Waals surface area contributed by atoms with Crippen LogP contribution in [0.1, 0.15) is 54.2 Å². The third kappa shape index (κ3) is 5.71. The Bertz CT molecular complexity index is 1430. The number of anilines is 2. The van der Waals surface area contributed by atoms with Crippen molar-refractivity contribution in [3.05, 3.63) is 64.2 Å². The van der Waals surface area contributed by atoms with Crippen LogP contribution in [0.3, 0.4) is 0 Å². The quantitative estimate of drug-likeness (QED) is 0.370. The summed E-state index contributed by atoms with van der Waals surface area (Å²) in [5.74, 6) is -0.233. The van der Waals surface area contributed by atoms with Crippen LogP contribution >= 0.6 is 11.6 Å². The number of amides is 2. The van der Waals surface area contributed by atoms with Crippen LogP contribution in [0.5, 0.6) is 0 Å². The summed E-state index contributed by atoms with van der Waals surface area (Å²) in [5, 5.41) is 9.39. The maximum atomic E-state index is 14.4. The van der Waals surface area contributed by atoms with Gasteiger partial charge in [0.15, 0.2) is 0 Å². The zero-order chi connectivity index (χ0) is 28.4. The summed E-state index contributed by atoms with van der Waals surface area (Å²) in [5.41, 5.74) is 2.77. The fraction of sp³-hybridized carbons (Fsp3) is 0.393. The number of fused-ring (bicyclic) bond motifs is 1. The molecule has 0 radical (unpaired) electrons. The Balaban J connectivity index is 1.30. The Morgan fingerprint density at radius 3 is 2.70 bits per heavy atom. The molecule has 1 saturated heterocycles. The van der Waals surface area contributed by atoms with E-state index in [-0.39, 0.29) is 18.5 Å². The number of carbonyl (C=O) groups excluding carboxylic acids is 2. The van der Waals surface area contributed by atoms with Gasteiger partial charge in [0, 0.05) is 49.5 Å². The van der Waals surface area contributed by atoms with Crippen molar-refractivity contribution in [2.24, 2.45) is 0 Å². The van der Waals surface area contributed by atoms with Gasteiger partial charge in [-0.25, -0.2) is 19.3 Å². The Hall–Kier alpha value is -3.83. The lowest BCUT2D eigenvalue weighted by Crippen LogP contribution is -2.46. The number of nitrogens with one attached hydrogen (secondary N) is 3. The van der Waals surface area contributed by atoms with Gasteiger partial charge in [-0.1, -0.05) is 23.7 Å². The maximum Gasteiger partial charge on any atom is 0.255 e. The predicted molar refractivity (Wildman–Crippen MR) is 150 cm³/mol. The number of benzene rings is 1. The van der Waals surface area contributed by atoms with Crippen molar-refractivity contribution in [2.45, 2.75) is 51.4 Å². The topological polar surface area (TPSA) is 121 Å². The number of hydrogen-bond acceptors (Lipinski definition) is 8. The molecule has 3 N–H and O–H groups in total. The summed E-state index contributed by atoms with van der Waals surface area (Å²) in [6.45, 7) is 5.00. The summed E-state index contributed by atoms with van der Waals surface area (Å²) in [6.07, 6.45) is 4.39. The molecule has 2 aliphatic heterocycles. The zero-order valence-corrected chi connectivity index (χ0v) is 23.3. The molecule has 0 aliphatic carbocycles. The van der Waals surface area contributed by atoms with Crippen molar-refractivity contribution >= 4 is 35.2 Å². The van der Waals surface area contributed by atoms with E-state index in [4.69, 9.17) is 16.3 Å². The fourth-order valence-electron chi connectivity index (χ4n) is 4.92. The van der Waals surface area contributed by atoms with Gasteiger partial charge in [0.25, 0.3) is 5.91 Å². The Morgan fingerprint density at radius 2 is 1.95 bits per heavy atom. The van der Waals surface area contributed by atoms with E-state index in [9.17, 15) is 14.0 Å². The molecule has 2 aromatic heterocycles. The lowest BCUT2D eigenvalue weighted by Gasteiger charge is -2.25. The van der Waals surface area contributed by atoms with Gasteiger partial charge in [-0.15, -0.1) is 0 Å². The highest BCUT2D eigenvalue weighted by Crippen LogP contribution is 2.32. The highest BCUT2D eigenvalue weighted by molar-refractivity contribution is 6.33. The van der Waals surface area contributed by atoms with Crippen molar-refractivity contribution in [1.82, 2.24) is 25.2 Å². The van der Waals surface area contributed by atoms with E-state index < -0.39 is 23.8 Å². The van der Waals surface area contributed by atoms with E-state index in [0.717, 1.165) is 24.6 Å². The largest absolute Gasteiger partial charge is 0.381 e. The first kappa shape index (κ1) is 27.7. The number of nitrogens with zero attached hydrogens (tertiary/aromatic N) is 4. The number of pyridine rings is 1. The summed E-state index contributed by atoms with van der Waals surface area (Å²) in [7, 11) is 1.68. The van der Waals surface area contributed by atoms with Crippen LogP contribution in [0, 0.1) is 5.82 Å². The smallest absolute Gasteiger partial charge is 0.255 e. The van der Waals surface area contributed by atoms with Crippen LogP contribution in [0.25, 0.3) is 11.3 Å². The van der Waals surface area contributed by atoms with Gasteiger partial charge in [0.05, 0.1) is 29.2 Å². The van der Waals surface area contributed by atoms with E-state index in [2.05, 4.69) is 30.9 Å². The van der Waals surface area contributed by atoms with E-state index >= 15 is 0 Å². The van der Waals surface area contributed by atoms with E-state index in [1.165, 1.54) is 4.90 Å². The van der Waals surface area contributed by atoms with Crippen molar-refractivity contribution in [3.8, 4) is 11.3 Å². The Labute approximate surface area is 236 Å². The summed E-state index contributed by atoms with van der Waals surface area (Å²) < 4.78 is 19.8. The molecule has 40 heavy (non-hydrogen) atoms. The second kappa shape index (κ2) is 11.7. The number of aromatic nitrogens is 3. The summed E-state index contributed by atoms with van der Waals surface area (Å²) in [6, 6.07) is 5.83. The molecular formula is C28H31ClFN7O3. The average molecular weight is 568 g/mol. The van der Waals surface area contributed by atoms with Crippen LogP contribution in [0.15, 0.2) is 36.7 Å². The predicted octanol–water partition coefficient (Wildman–Crippen LogP) is 4.19. The van der Waals surface area contributed by atoms with Crippen molar-refractivity contribution in [3.63, 3.8) is 0 Å². The molecule has 210 valence electrons. The molecule has 0 spiro atoms. The standard InChI is InChI=1S/C28H31ClFN7O3/c1-15(20-11-24(31-3)32-13-23(20)30)34-26(38)16(2)37-14-18-5-4-17(10-21(18)27(37)39)25-22(29)12-33-28(36-25)35-19-6-8-40-9-7-19/h4-5,10-13,15-16,19H,6-9,14H2,1-3H3,(H,31,32)(H,34,38)(H,33,35,36)/t15-,16-/m1/s1. The molecule has 5 rings (SSSR count). The van der Waals surface area contributed by atoms with Gasteiger partial charge in [-0.2, -0.15) is 0 Å². The molecular weight excluding hydrogens is 537 g/mol. The number of hydrogen-bond donors (Lipinski definition) is 3. The summed E-state index contributed by atoms with van der Waals surface area (Å²) >= 11 is 6.45. The van der Waals surface area contributed by atoms with Crippen LogP contribution < -0.4 is 16.0 Å².